The van der Waals surface area contributed by atoms with Crippen molar-refractivity contribution in [2.24, 2.45) is 0 Å². The summed E-state index contributed by atoms with van der Waals surface area (Å²) in [6.07, 6.45) is 99.9. The van der Waals surface area contributed by atoms with Gasteiger partial charge in [-0.2, -0.15) is 0 Å². The van der Waals surface area contributed by atoms with Gasteiger partial charge in [0.2, 0.25) is 5.91 Å². The van der Waals surface area contributed by atoms with Crippen LogP contribution in [-0.2, 0) is 14.3 Å². The number of esters is 1. The summed E-state index contributed by atoms with van der Waals surface area (Å²) in [5.41, 5.74) is 0. The van der Waals surface area contributed by atoms with E-state index in [-0.39, 0.29) is 18.5 Å². The molecular formula is C81H155NO5. The van der Waals surface area contributed by atoms with Crippen LogP contribution in [0.25, 0.3) is 0 Å². The number of nitrogens with one attached hydrogen (secondary N) is 1. The number of carbonyl (C=O) groups excluding carboxylic acids is 2. The van der Waals surface area contributed by atoms with E-state index in [9.17, 15) is 19.8 Å². The summed E-state index contributed by atoms with van der Waals surface area (Å²) in [5.74, 6) is -0.0459. The molecule has 0 saturated heterocycles. The van der Waals surface area contributed by atoms with Crippen LogP contribution >= 0.6 is 0 Å². The van der Waals surface area contributed by atoms with Gasteiger partial charge < -0.3 is 20.3 Å². The monoisotopic (exact) mass is 1220 g/mol. The molecule has 0 rings (SSSR count). The number of hydrogen-bond acceptors (Lipinski definition) is 5. The van der Waals surface area contributed by atoms with Crippen molar-refractivity contribution in [1.82, 2.24) is 5.32 Å². The first kappa shape index (κ1) is 85.1. The van der Waals surface area contributed by atoms with E-state index in [0.29, 0.717) is 19.4 Å². The summed E-state index contributed by atoms with van der Waals surface area (Å²) in [7, 11) is 0. The largest absolute Gasteiger partial charge is 0.466 e. The maximum absolute atomic E-state index is 12.5. The fourth-order valence-electron chi connectivity index (χ4n) is 12.6. The highest BCUT2D eigenvalue weighted by Gasteiger charge is 2.18. The highest BCUT2D eigenvalue weighted by molar-refractivity contribution is 5.76. The minimum atomic E-state index is -0.842. The number of carbonyl (C=O) groups is 2. The molecule has 0 aromatic carbocycles. The number of ether oxygens (including phenoxy) is 1. The maximum atomic E-state index is 12.5. The zero-order valence-electron chi connectivity index (χ0n) is 59.0. The Morgan fingerprint density at radius 3 is 0.816 bits per heavy atom. The minimum Gasteiger partial charge on any atom is -0.466 e. The normalized spacial score (nSPS) is 12.6. The Balaban J connectivity index is 3.34. The Bertz CT molecular complexity index is 1410. The Kier molecular flexibility index (Phi) is 74.8. The number of aliphatic hydroxyl groups is 2. The van der Waals surface area contributed by atoms with Crippen LogP contribution in [0.2, 0.25) is 0 Å². The van der Waals surface area contributed by atoms with Crippen LogP contribution in [0.4, 0.5) is 0 Å². The Hall–Kier alpha value is -1.92. The van der Waals surface area contributed by atoms with Crippen molar-refractivity contribution in [2.75, 3.05) is 13.2 Å². The third-order valence-corrected chi connectivity index (χ3v) is 18.6. The topological polar surface area (TPSA) is 95.9 Å². The molecule has 0 fully saturated rings. The van der Waals surface area contributed by atoms with Crippen molar-refractivity contribution < 1.29 is 24.5 Å². The SMILES string of the molecule is CCCCCCC/C=C\CCCCCCCC(=O)OCCCCCCCCCCCCCCCCCCCC/C=C\CCCCCCCCCCCCCCCCCCCC(=O)NC(CO)C(O)/C=C/CCCCCCCCCCCCCCCCC. The van der Waals surface area contributed by atoms with E-state index < -0.39 is 12.1 Å². The number of amides is 1. The van der Waals surface area contributed by atoms with Gasteiger partial charge in [-0.3, -0.25) is 9.59 Å². The summed E-state index contributed by atoms with van der Waals surface area (Å²) in [5, 5.41) is 23.2. The second-order valence-electron chi connectivity index (χ2n) is 27.4. The van der Waals surface area contributed by atoms with Gasteiger partial charge in [0.15, 0.2) is 0 Å². The van der Waals surface area contributed by atoms with Crippen molar-refractivity contribution in [3.63, 3.8) is 0 Å². The van der Waals surface area contributed by atoms with Gasteiger partial charge >= 0.3 is 5.97 Å². The average molecular weight is 1220 g/mol. The van der Waals surface area contributed by atoms with Crippen LogP contribution in [0.1, 0.15) is 444 Å². The van der Waals surface area contributed by atoms with Crippen LogP contribution in [-0.4, -0.2) is 47.4 Å². The average Bonchev–Trinajstić information content (AvgIpc) is 3.54. The second kappa shape index (κ2) is 76.5. The number of allylic oxidation sites excluding steroid dienone is 5. The quantitative estimate of drug-likeness (QED) is 0.0320. The molecule has 3 N–H and O–H groups in total. The number of unbranched alkanes of at least 4 members (excludes halogenated alkanes) is 60. The van der Waals surface area contributed by atoms with Crippen molar-refractivity contribution in [3.8, 4) is 0 Å². The van der Waals surface area contributed by atoms with E-state index in [1.165, 1.54) is 372 Å². The van der Waals surface area contributed by atoms with E-state index in [1.807, 2.05) is 6.08 Å². The molecule has 0 aromatic heterocycles. The Labute approximate surface area is 544 Å². The molecule has 2 unspecified atom stereocenters. The van der Waals surface area contributed by atoms with Gasteiger partial charge in [0.05, 0.1) is 25.4 Å². The summed E-state index contributed by atoms with van der Waals surface area (Å²) in [6.45, 7) is 4.93. The number of aliphatic hydroxyl groups excluding tert-OH is 2. The van der Waals surface area contributed by atoms with E-state index in [4.69, 9.17) is 4.74 Å². The first-order valence-corrected chi connectivity index (χ1v) is 39.8. The van der Waals surface area contributed by atoms with Crippen molar-refractivity contribution >= 4 is 11.9 Å². The van der Waals surface area contributed by atoms with E-state index in [0.717, 1.165) is 44.9 Å². The predicted molar refractivity (Wildman–Crippen MR) is 384 cm³/mol. The van der Waals surface area contributed by atoms with Crippen LogP contribution in [0.3, 0.4) is 0 Å². The summed E-state index contributed by atoms with van der Waals surface area (Å²) in [6, 6.07) is -0.625. The lowest BCUT2D eigenvalue weighted by Gasteiger charge is -2.20. The molecule has 0 saturated carbocycles. The molecule has 0 spiro atoms. The van der Waals surface area contributed by atoms with Gasteiger partial charge in [0.25, 0.3) is 0 Å². The molecule has 0 aromatic rings. The molecule has 1 amide bonds. The van der Waals surface area contributed by atoms with Gasteiger partial charge in [0, 0.05) is 12.8 Å². The highest BCUT2D eigenvalue weighted by Crippen LogP contribution is 2.19. The molecule has 87 heavy (non-hydrogen) atoms. The van der Waals surface area contributed by atoms with E-state index in [2.05, 4.69) is 43.5 Å². The lowest BCUT2D eigenvalue weighted by atomic mass is 10.0. The smallest absolute Gasteiger partial charge is 0.305 e. The second-order valence-corrected chi connectivity index (χ2v) is 27.4. The van der Waals surface area contributed by atoms with Crippen molar-refractivity contribution in [3.05, 3.63) is 36.5 Å². The maximum Gasteiger partial charge on any atom is 0.305 e. The van der Waals surface area contributed by atoms with Gasteiger partial charge in [-0.25, -0.2) is 0 Å². The number of rotatable bonds is 75. The standard InChI is InChI=1S/C81H155NO5/c1-3-5-7-9-11-13-15-17-19-43-46-49-53-57-61-65-69-73-79(84)78(77-83)82-80(85)74-70-66-62-58-54-50-47-44-41-39-37-35-33-31-29-27-25-23-21-20-22-24-26-28-30-32-34-36-38-40-42-45-48-52-56-60-64-68-72-76-87-81(86)75-71-67-63-59-55-51-18-16-14-12-10-8-6-4-2/h16,18,20-21,69,73,78-79,83-84H,3-15,17,19,22-68,70-72,74-77H2,1-2H3,(H,82,85)/b18-16-,21-20-,73-69+. The van der Waals surface area contributed by atoms with E-state index in [1.54, 1.807) is 6.08 Å². The molecule has 0 radical (unpaired) electrons. The zero-order valence-corrected chi connectivity index (χ0v) is 59.0. The van der Waals surface area contributed by atoms with Gasteiger partial charge in [-0.05, 0) is 83.5 Å². The van der Waals surface area contributed by atoms with Gasteiger partial charge in [0.1, 0.15) is 0 Å². The molecular weight excluding hydrogens is 1070 g/mol. The molecule has 514 valence electrons. The Morgan fingerprint density at radius 1 is 0.310 bits per heavy atom. The van der Waals surface area contributed by atoms with Crippen molar-refractivity contribution in [1.29, 1.82) is 0 Å². The zero-order chi connectivity index (χ0) is 62.8. The molecule has 0 heterocycles. The molecule has 0 aliphatic heterocycles. The molecule has 6 heteroatoms. The predicted octanol–water partition coefficient (Wildman–Crippen LogP) is 26.2. The minimum absolute atomic E-state index is 0.0143. The third-order valence-electron chi connectivity index (χ3n) is 18.6. The van der Waals surface area contributed by atoms with Crippen molar-refractivity contribution in [2.45, 2.75) is 456 Å². The van der Waals surface area contributed by atoms with Crippen LogP contribution < -0.4 is 5.32 Å². The molecule has 6 nitrogen and oxygen atoms in total. The lowest BCUT2D eigenvalue weighted by Crippen LogP contribution is -2.45. The van der Waals surface area contributed by atoms with Gasteiger partial charge in [-0.1, -0.05) is 384 Å². The van der Waals surface area contributed by atoms with Crippen LogP contribution in [0.15, 0.2) is 36.5 Å². The van der Waals surface area contributed by atoms with Crippen LogP contribution in [0.5, 0.6) is 0 Å². The molecule has 0 bridgehead atoms. The molecule has 2 atom stereocenters. The molecule has 0 aliphatic rings. The first-order valence-electron chi connectivity index (χ1n) is 39.8. The summed E-state index contributed by atoms with van der Waals surface area (Å²) >= 11 is 0. The summed E-state index contributed by atoms with van der Waals surface area (Å²) < 4.78 is 5.49. The number of hydrogen-bond donors (Lipinski definition) is 3. The fourth-order valence-corrected chi connectivity index (χ4v) is 12.6. The summed E-state index contributed by atoms with van der Waals surface area (Å²) in [4.78, 5) is 24.6. The first-order chi connectivity index (χ1) is 43.0. The highest BCUT2D eigenvalue weighted by atomic mass is 16.5. The van der Waals surface area contributed by atoms with Crippen LogP contribution in [0, 0.1) is 0 Å². The van der Waals surface area contributed by atoms with E-state index >= 15 is 0 Å². The lowest BCUT2D eigenvalue weighted by molar-refractivity contribution is -0.143. The fraction of sp³-hybridized carbons (Fsp3) is 0.901. The third kappa shape index (κ3) is 73.0. The Morgan fingerprint density at radius 2 is 0.540 bits per heavy atom. The molecule has 0 aliphatic carbocycles. The van der Waals surface area contributed by atoms with Gasteiger partial charge in [-0.15, -0.1) is 0 Å².